The lowest BCUT2D eigenvalue weighted by Crippen LogP contribution is -2.02. The summed E-state index contributed by atoms with van der Waals surface area (Å²) < 4.78 is 0. The van der Waals surface area contributed by atoms with Gasteiger partial charge in [0.15, 0.2) is 5.78 Å². The van der Waals surface area contributed by atoms with Crippen LogP contribution >= 0.6 is 11.8 Å². The number of rotatable bonds is 7. The number of fused-ring (bicyclic) bond motifs is 1. The molecule has 6 nitrogen and oxygen atoms in total. The fraction of sp³-hybridized carbons (Fsp3) is 0.0909. The highest BCUT2D eigenvalue weighted by atomic mass is 32.2. The Kier molecular flexibility index (Phi) is 5.67. The first-order valence-electron chi connectivity index (χ1n) is 9.12. The molecule has 0 aliphatic rings. The number of anilines is 1. The van der Waals surface area contributed by atoms with Gasteiger partial charge in [0.1, 0.15) is 0 Å². The highest BCUT2D eigenvalue weighted by Gasteiger charge is 2.09. The number of carbonyl (C=O) groups is 1. The molecule has 3 aromatic carbocycles. The van der Waals surface area contributed by atoms with Crippen LogP contribution in [0, 0.1) is 0 Å². The number of benzene rings is 3. The first kappa shape index (κ1) is 18.9. The van der Waals surface area contributed by atoms with Gasteiger partial charge < -0.3 is 0 Å². The molecule has 0 fully saturated rings. The second kappa shape index (κ2) is 8.70. The standard InChI is InChI=1S/C22H19N5OS/c1-15(18-12-11-16-7-5-6-10-19(16)13-18)24-25-21-23-22(27-26-21)29-14-20(28)17-8-3-2-4-9-17/h2-13H,14H2,1H3,(H2,23,25,26,27)/b24-15+. The molecular weight excluding hydrogens is 382 g/mol. The van der Waals surface area contributed by atoms with Gasteiger partial charge in [0.2, 0.25) is 11.1 Å². The molecule has 0 aliphatic heterocycles. The summed E-state index contributed by atoms with van der Waals surface area (Å²) in [6.07, 6.45) is 0. The number of hydrazone groups is 1. The number of nitrogens with zero attached hydrogens (tertiary/aromatic N) is 3. The third-order valence-electron chi connectivity index (χ3n) is 4.39. The molecule has 0 amide bonds. The van der Waals surface area contributed by atoms with Gasteiger partial charge in [0.05, 0.1) is 11.5 Å². The monoisotopic (exact) mass is 401 g/mol. The highest BCUT2D eigenvalue weighted by molar-refractivity contribution is 7.99. The van der Waals surface area contributed by atoms with Crippen LogP contribution in [0.4, 0.5) is 5.95 Å². The largest absolute Gasteiger partial charge is 0.293 e. The predicted molar refractivity (Wildman–Crippen MR) is 118 cm³/mol. The molecule has 0 saturated heterocycles. The summed E-state index contributed by atoms with van der Waals surface area (Å²) in [5, 5.41) is 14.2. The lowest BCUT2D eigenvalue weighted by atomic mass is 10.0. The summed E-state index contributed by atoms with van der Waals surface area (Å²) in [5.74, 6) is 0.751. The van der Waals surface area contributed by atoms with E-state index in [1.807, 2.05) is 43.3 Å². The average Bonchev–Trinajstić information content (AvgIpc) is 3.24. The van der Waals surface area contributed by atoms with Crippen molar-refractivity contribution in [3.8, 4) is 0 Å². The lowest BCUT2D eigenvalue weighted by molar-refractivity contribution is 0.102. The Bertz CT molecular complexity index is 1170. The van der Waals surface area contributed by atoms with Crippen LogP contribution in [-0.4, -0.2) is 32.4 Å². The second-order valence-electron chi connectivity index (χ2n) is 6.42. The normalized spacial score (nSPS) is 11.6. The number of hydrogen-bond acceptors (Lipinski definition) is 6. The van der Waals surface area contributed by atoms with Crippen molar-refractivity contribution in [3.63, 3.8) is 0 Å². The van der Waals surface area contributed by atoms with Gasteiger partial charge in [-0.05, 0) is 29.3 Å². The quantitative estimate of drug-likeness (QED) is 0.202. The minimum Gasteiger partial charge on any atom is -0.293 e. The van der Waals surface area contributed by atoms with Crippen LogP contribution in [0.3, 0.4) is 0 Å². The second-order valence-corrected chi connectivity index (χ2v) is 7.36. The zero-order chi connectivity index (χ0) is 20.1. The maximum Gasteiger partial charge on any atom is 0.240 e. The van der Waals surface area contributed by atoms with Crippen molar-refractivity contribution in [1.29, 1.82) is 0 Å². The Morgan fingerprint density at radius 1 is 1.00 bits per heavy atom. The molecule has 0 saturated carbocycles. The van der Waals surface area contributed by atoms with E-state index in [0.29, 0.717) is 16.7 Å². The van der Waals surface area contributed by atoms with E-state index in [4.69, 9.17) is 0 Å². The number of aromatic nitrogens is 3. The van der Waals surface area contributed by atoms with Gasteiger partial charge >= 0.3 is 0 Å². The van der Waals surface area contributed by atoms with E-state index >= 15 is 0 Å². The van der Waals surface area contributed by atoms with Gasteiger partial charge in [0, 0.05) is 5.56 Å². The summed E-state index contributed by atoms with van der Waals surface area (Å²) in [5.41, 5.74) is 5.44. The van der Waals surface area contributed by atoms with Gasteiger partial charge in [-0.3, -0.25) is 4.79 Å². The Morgan fingerprint density at radius 2 is 1.76 bits per heavy atom. The van der Waals surface area contributed by atoms with E-state index in [0.717, 1.165) is 11.3 Å². The van der Waals surface area contributed by atoms with Crippen LogP contribution in [-0.2, 0) is 0 Å². The summed E-state index contributed by atoms with van der Waals surface area (Å²) in [6.45, 7) is 1.93. The molecule has 0 bridgehead atoms. The number of thioether (sulfide) groups is 1. The van der Waals surface area contributed by atoms with Crippen LogP contribution in [0.25, 0.3) is 10.8 Å². The third kappa shape index (κ3) is 4.70. The van der Waals surface area contributed by atoms with Crippen molar-refractivity contribution in [1.82, 2.24) is 15.2 Å². The molecule has 2 N–H and O–H groups in total. The van der Waals surface area contributed by atoms with E-state index < -0.39 is 0 Å². The van der Waals surface area contributed by atoms with Gasteiger partial charge in [-0.15, -0.1) is 5.10 Å². The SMILES string of the molecule is C/C(=N\Nc1nc(SCC(=O)c2ccccc2)n[nH]1)c1ccc2ccccc2c1. The molecule has 0 aliphatic carbocycles. The fourth-order valence-electron chi connectivity index (χ4n) is 2.81. The molecule has 144 valence electrons. The van der Waals surface area contributed by atoms with E-state index in [1.165, 1.54) is 22.5 Å². The molecule has 0 unspecified atom stereocenters. The minimum absolute atomic E-state index is 0.0417. The molecule has 1 aromatic heterocycles. The molecule has 0 radical (unpaired) electrons. The van der Waals surface area contributed by atoms with Crippen LogP contribution in [0.2, 0.25) is 0 Å². The van der Waals surface area contributed by atoms with E-state index in [1.54, 1.807) is 12.1 Å². The zero-order valence-electron chi connectivity index (χ0n) is 15.8. The summed E-state index contributed by atoms with van der Waals surface area (Å²) in [6, 6.07) is 23.6. The van der Waals surface area contributed by atoms with E-state index in [9.17, 15) is 4.79 Å². The number of ketones is 1. The summed E-state index contributed by atoms with van der Waals surface area (Å²) in [4.78, 5) is 16.5. The highest BCUT2D eigenvalue weighted by Crippen LogP contribution is 2.18. The first-order chi connectivity index (χ1) is 14.2. The van der Waals surface area contributed by atoms with Crippen molar-refractivity contribution >= 4 is 40.0 Å². The Morgan fingerprint density at radius 3 is 2.59 bits per heavy atom. The molecule has 4 aromatic rings. The molecule has 0 spiro atoms. The zero-order valence-corrected chi connectivity index (χ0v) is 16.6. The fourth-order valence-corrected chi connectivity index (χ4v) is 3.51. The minimum atomic E-state index is 0.0417. The first-order valence-corrected chi connectivity index (χ1v) is 10.1. The van der Waals surface area contributed by atoms with Crippen molar-refractivity contribution in [2.75, 3.05) is 11.2 Å². The van der Waals surface area contributed by atoms with Crippen molar-refractivity contribution in [3.05, 3.63) is 83.9 Å². The maximum atomic E-state index is 12.2. The molecule has 4 rings (SSSR count). The summed E-state index contributed by atoms with van der Waals surface area (Å²) in [7, 11) is 0. The number of carbonyl (C=O) groups excluding carboxylic acids is 1. The van der Waals surface area contributed by atoms with Crippen molar-refractivity contribution in [2.45, 2.75) is 12.1 Å². The Labute approximate surface area is 172 Å². The van der Waals surface area contributed by atoms with Gasteiger partial charge in [-0.1, -0.05) is 78.5 Å². The molecule has 1 heterocycles. The number of H-pyrrole nitrogens is 1. The number of nitrogens with one attached hydrogen (secondary N) is 2. The molecule has 0 atom stereocenters. The van der Waals surface area contributed by atoms with Gasteiger partial charge in [0.25, 0.3) is 0 Å². The molecule has 7 heteroatoms. The van der Waals surface area contributed by atoms with Crippen LogP contribution in [0.15, 0.2) is 83.1 Å². The topological polar surface area (TPSA) is 83.0 Å². The van der Waals surface area contributed by atoms with Gasteiger partial charge in [-0.2, -0.15) is 10.1 Å². The molecular formula is C22H19N5OS. The number of aromatic amines is 1. The smallest absolute Gasteiger partial charge is 0.240 e. The Balaban J connectivity index is 1.37. The summed E-state index contributed by atoms with van der Waals surface area (Å²) >= 11 is 1.28. The van der Waals surface area contributed by atoms with E-state index in [-0.39, 0.29) is 11.5 Å². The molecule has 29 heavy (non-hydrogen) atoms. The maximum absolute atomic E-state index is 12.2. The number of hydrogen-bond donors (Lipinski definition) is 2. The van der Waals surface area contributed by atoms with Gasteiger partial charge in [-0.25, -0.2) is 10.5 Å². The lowest BCUT2D eigenvalue weighted by Gasteiger charge is -2.03. The third-order valence-corrected chi connectivity index (χ3v) is 5.24. The predicted octanol–water partition coefficient (Wildman–Crippen LogP) is 4.77. The van der Waals surface area contributed by atoms with E-state index in [2.05, 4.69) is 50.0 Å². The van der Waals surface area contributed by atoms with Crippen LogP contribution < -0.4 is 5.43 Å². The average molecular weight is 401 g/mol. The van der Waals surface area contributed by atoms with Crippen molar-refractivity contribution < 1.29 is 4.79 Å². The van der Waals surface area contributed by atoms with Crippen LogP contribution in [0.5, 0.6) is 0 Å². The van der Waals surface area contributed by atoms with Crippen molar-refractivity contribution in [2.24, 2.45) is 5.10 Å². The Hall–Kier alpha value is -3.45. The number of Topliss-reactive ketones (excluding diaryl/α,β-unsaturated/α-hetero) is 1. The van der Waals surface area contributed by atoms with Crippen LogP contribution in [0.1, 0.15) is 22.8 Å².